The lowest BCUT2D eigenvalue weighted by Gasteiger charge is -2.27. The maximum atomic E-state index is 12.3. The number of hydrogen-bond donors (Lipinski definition) is 2. The summed E-state index contributed by atoms with van der Waals surface area (Å²) in [6, 6.07) is 10.2. The van der Waals surface area contributed by atoms with Crippen LogP contribution in [0.5, 0.6) is 0 Å². The number of nitrogens with zero attached hydrogens (tertiary/aromatic N) is 1. The van der Waals surface area contributed by atoms with Crippen molar-refractivity contribution in [3.63, 3.8) is 0 Å². The predicted octanol–water partition coefficient (Wildman–Crippen LogP) is 2.71. The Morgan fingerprint density at radius 2 is 1.91 bits per heavy atom. The molecule has 1 fully saturated rings. The number of carbonyl (C=O) groups is 2. The van der Waals surface area contributed by atoms with E-state index in [2.05, 4.69) is 11.4 Å². The number of hydrogen-bond acceptors (Lipinski definition) is 2. The molecule has 0 radical (unpaired) electrons. The molecule has 5 heteroatoms. The molecule has 0 atom stereocenters. The van der Waals surface area contributed by atoms with Gasteiger partial charge in [0, 0.05) is 17.3 Å². The number of aryl methyl sites for hydroxylation is 1. The standard InChI is InChI=1S/C18H22N2O3/c1-12-10-14-4-2-3-5-16(14)20(12)11-17(21)19-15-8-6-13(7-9-15)18(22)23/h2-5,10,13,15H,6-9,11H2,1H3,(H,19,21)(H,22,23). The van der Waals surface area contributed by atoms with Crippen LogP contribution in [0.25, 0.3) is 10.9 Å². The highest BCUT2D eigenvalue weighted by atomic mass is 16.4. The molecule has 1 heterocycles. The van der Waals surface area contributed by atoms with Crippen molar-refractivity contribution in [2.45, 2.75) is 45.2 Å². The van der Waals surface area contributed by atoms with Crippen molar-refractivity contribution in [2.75, 3.05) is 0 Å². The Kier molecular flexibility index (Phi) is 4.37. The molecular weight excluding hydrogens is 292 g/mol. The van der Waals surface area contributed by atoms with E-state index in [9.17, 15) is 9.59 Å². The minimum Gasteiger partial charge on any atom is -0.481 e. The smallest absolute Gasteiger partial charge is 0.306 e. The molecule has 0 unspecified atom stereocenters. The highest BCUT2D eigenvalue weighted by Gasteiger charge is 2.26. The molecule has 1 amide bonds. The number of aromatic nitrogens is 1. The Bertz CT molecular complexity index is 727. The van der Waals surface area contributed by atoms with Gasteiger partial charge in [-0.2, -0.15) is 0 Å². The SMILES string of the molecule is Cc1cc2ccccc2n1CC(=O)NC1CCC(C(=O)O)CC1. The van der Waals surface area contributed by atoms with Gasteiger partial charge in [-0.3, -0.25) is 9.59 Å². The molecule has 1 aliphatic rings. The molecule has 2 N–H and O–H groups in total. The fraction of sp³-hybridized carbons (Fsp3) is 0.444. The van der Waals surface area contributed by atoms with Crippen LogP contribution in [0.15, 0.2) is 30.3 Å². The van der Waals surface area contributed by atoms with Crippen molar-refractivity contribution in [2.24, 2.45) is 5.92 Å². The molecule has 0 spiro atoms. The summed E-state index contributed by atoms with van der Waals surface area (Å²) in [5.41, 5.74) is 2.13. The van der Waals surface area contributed by atoms with Gasteiger partial charge in [0.05, 0.1) is 5.92 Å². The van der Waals surface area contributed by atoms with Crippen molar-refractivity contribution in [3.05, 3.63) is 36.0 Å². The average molecular weight is 314 g/mol. The zero-order valence-electron chi connectivity index (χ0n) is 13.3. The molecular formula is C18H22N2O3. The molecule has 23 heavy (non-hydrogen) atoms. The second-order valence-electron chi connectivity index (χ2n) is 6.38. The number of rotatable bonds is 4. The molecule has 1 aromatic carbocycles. The monoisotopic (exact) mass is 314 g/mol. The van der Waals surface area contributed by atoms with Crippen molar-refractivity contribution in [1.82, 2.24) is 9.88 Å². The largest absolute Gasteiger partial charge is 0.481 e. The van der Waals surface area contributed by atoms with Gasteiger partial charge in [0.1, 0.15) is 6.54 Å². The highest BCUT2D eigenvalue weighted by Crippen LogP contribution is 2.24. The van der Waals surface area contributed by atoms with Crippen LogP contribution in [0.2, 0.25) is 0 Å². The fourth-order valence-electron chi connectivity index (χ4n) is 3.46. The number of nitrogens with one attached hydrogen (secondary N) is 1. The molecule has 0 aliphatic heterocycles. The lowest BCUT2D eigenvalue weighted by atomic mass is 9.86. The van der Waals surface area contributed by atoms with Crippen LogP contribution in [0, 0.1) is 12.8 Å². The van der Waals surface area contributed by atoms with E-state index >= 15 is 0 Å². The number of carboxylic acid groups (broad SMARTS) is 1. The zero-order chi connectivity index (χ0) is 16.4. The van der Waals surface area contributed by atoms with Crippen LogP contribution in [0.4, 0.5) is 0 Å². The highest BCUT2D eigenvalue weighted by molar-refractivity contribution is 5.84. The summed E-state index contributed by atoms with van der Waals surface area (Å²) in [7, 11) is 0. The summed E-state index contributed by atoms with van der Waals surface area (Å²) in [5.74, 6) is -0.976. The number of amides is 1. The molecule has 3 rings (SSSR count). The third kappa shape index (κ3) is 3.38. The van der Waals surface area contributed by atoms with Gasteiger partial charge in [0.2, 0.25) is 5.91 Å². The first kappa shape index (κ1) is 15.6. The summed E-state index contributed by atoms with van der Waals surface area (Å²) in [6.45, 7) is 2.31. The topological polar surface area (TPSA) is 71.3 Å². The van der Waals surface area contributed by atoms with Gasteiger partial charge in [-0.25, -0.2) is 0 Å². The minimum atomic E-state index is -0.718. The second-order valence-corrected chi connectivity index (χ2v) is 6.38. The van der Waals surface area contributed by atoms with Crippen molar-refractivity contribution < 1.29 is 14.7 Å². The summed E-state index contributed by atoms with van der Waals surface area (Å²) in [4.78, 5) is 23.3. The van der Waals surface area contributed by atoms with Crippen molar-refractivity contribution in [1.29, 1.82) is 0 Å². The summed E-state index contributed by atoms with van der Waals surface area (Å²) < 4.78 is 2.02. The van der Waals surface area contributed by atoms with E-state index in [1.807, 2.05) is 35.8 Å². The Morgan fingerprint density at radius 3 is 2.61 bits per heavy atom. The third-order valence-corrected chi connectivity index (χ3v) is 4.76. The normalized spacial score (nSPS) is 21.3. The van der Waals surface area contributed by atoms with E-state index in [0.29, 0.717) is 19.4 Å². The number of para-hydroxylation sites is 1. The third-order valence-electron chi connectivity index (χ3n) is 4.76. The summed E-state index contributed by atoms with van der Waals surface area (Å²) >= 11 is 0. The quantitative estimate of drug-likeness (QED) is 0.911. The predicted molar refractivity (Wildman–Crippen MR) is 88.2 cm³/mol. The maximum Gasteiger partial charge on any atom is 0.306 e. The van der Waals surface area contributed by atoms with Crippen LogP contribution in [0.3, 0.4) is 0 Å². The van der Waals surface area contributed by atoms with Crippen LogP contribution in [-0.2, 0) is 16.1 Å². The number of carboxylic acids is 1. The molecule has 1 aromatic heterocycles. The van der Waals surface area contributed by atoms with E-state index in [4.69, 9.17) is 5.11 Å². The molecule has 122 valence electrons. The molecule has 1 saturated carbocycles. The van der Waals surface area contributed by atoms with E-state index < -0.39 is 5.97 Å². The first-order valence-corrected chi connectivity index (χ1v) is 8.11. The van der Waals surface area contributed by atoms with Crippen LogP contribution < -0.4 is 5.32 Å². The average Bonchev–Trinajstić information content (AvgIpc) is 2.84. The number of fused-ring (bicyclic) bond motifs is 1. The Labute approximate surface area is 135 Å². The van der Waals surface area contributed by atoms with Gasteiger partial charge < -0.3 is 15.0 Å². The van der Waals surface area contributed by atoms with Crippen molar-refractivity contribution in [3.8, 4) is 0 Å². The molecule has 0 saturated heterocycles. The lowest BCUT2D eigenvalue weighted by molar-refractivity contribution is -0.142. The number of aliphatic carboxylic acids is 1. The fourth-order valence-corrected chi connectivity index (χ4v) is 3.46. The van der Waals surface area contributed by atoms with Gasteiger partial charge in [-0.15, -0.1) is 0 Å². The van der Waals surface area contributed by atoms with Gasteiger partial charge in [-0.1, -0.05) is 18.2 Å². The second kappa shape index (κ2) is 6.44. The molecule has 0 bridgehead atoms. The van der Waals surface area contributed by atoms with Gasteiger partial charge >= 0.3 is 5.97 Å². The van der Waals surface area contributed by atoms with E-state index in [1.54, 1.807) is 0 Å². The zero-order valence-corrected chi connectivity index (χ0v) is 13.3. The van der Waals surface area contributed by atoms with E-state index in [-0.39, 0.29) is 17.9 Å². The van der Waals surface area contributed by atoms with Crippen LogP contribution >= 0.6 is 0 Å². The number of benzene rings is 1. The van der Waals surface area contributed by atoms with E-state index in [1.165, 1.54) is 0 Å². The number of carbonyl (C=O) groups excluding carboxylic acids is 1. The van der Waals surface area contributed by atoms with E-state index in [0.717, 1.165) is 29.4 Å². The first-order chi connectivity index (χ1) is 11.0. The molecule has 2 aromatic rings. The van der Waals surface area contributed by atoms with Crippen molar-refractivity contribution >= 4 is 22.8 Å². The van der Waals surface area contributed by atoms with Gasteiger partial charge in [0.15, 0.2) is 0 Å². The lowest BCUT2D eigenvalue weighted by Crippen LogP contribution is -2.40. The Hall–Kier alpha value is -2.30. The first-order valence-electron chi connectivity index (χ1n) is 8.11. The summed E-state index contributed by atoms with van der Waals surface area (Å²) in [5, 5.41) is 13.2. The van der Waals surface area contributed by atoms with Crippen LogP contribution in [0.1, 0.15) is 31.4 Å². The molecule has 1 aliphatic carbocycles. The maximum absolute atomic E-state index is 12.3. The Balaban J connectivity index is 1.61. The van der Waals surface area contributed by atoms with Crippen LogP contribution in [-0.4, -0.2) is 27.6 Å². The minimum absolute atomic E-state index is 0.00627. The van der Waals surface area contributed by atoms with Gasteiger partial charge in [-0.05, 0) is 50.1 Å². The Morgan fingerprint density at radius 1 is 1.22 bits per heavy atom. The summed E-state index contributed by atoms with van der Waals surface area (Å²) in [6.07, 6.45) is 2.78. The van der Waals surface area contributed by atoms with Gasteiger partial charge in [0.25, 0.3) is 0 Å². The molecule has 5 nitrogen and oxygen atoms in total.